The Morgan fingerprint density at radius 3 is 2.53 bits per heavy atom. The predicted octanol–water partition coefficient (Wildman–Crippen LogP) is 3.15. The largest absolute Gasteiger partial charge is 0.350 e. The molecule has 0 radical (unpaired) electrons. The maximum absolute atomic E-state index is 13.0. The van der Waals surface area contributed by atoms with Gasteiger partial charge in [0, 0.05) is 44.4 Å². The van der Waals surface area contributed by atoms with Gasteiger partial charge >= 0.3 is 5.69 Å². The van der Waals surface area contributed by atoms with E-state index < -0.39 is 0 Å². The molecule has 1 saturated carbocycles. The van der Waals surface area contributed by atoms with Crippen LogP contribution in [0.5, 0.6) is 0 Å². The molecule has 2 aliphatic rings. The van der Waals surface area contributed by atoms with Gasteiger partial charge in [0.25, 0.3) is 0 Å². The van der Waals surface area contributed by atoms with Gasteiger partial charge in [-0.3, -0.25) is 4.79 Å². The molecule has 4 aromatic rings. The van der Waals surface area contributed by atoms with E-state index in [1.165, 1.54) is 4.68 Å². The smallest absolute Gasteiger partial charge is 0.342 e. The van der Waals surface area contributed by atoms with Crippen molar-refractivity contribution in [3.63, 3.8) is 0 Å². The van der Waals surface area contributed by atoms with Crippen molar-refractivity contribution >= 4 is 5.91 Å². The Balaban J connectivity index is 1.29. The number of amides is 1. The first-order valence-electron chi connectivity index (χ1n) is 11.7. The van der Waals surface area contributed by atoms with Gasteiger partial charge in [-0.15, -0.1) is 0 Å². The van der Waals surface area contributed by atoms with Crippen LogP contribution in [-0.2, 0) is 11.8 Å². The minimum absolute atomic E-state index is 0.0574. The molecule has 2 aromatic carbocycles. The lowest BCUT2D eigenvalue weighted by Gasteiger charge is -2.16. The van der Waals surface area contributed by atoms with Gasteiger partial charge in [-0.1, -0.05) is 24.3 Å². The number of likely N-dealkylation sites (tertiary alicyclic amines) is 1. The highest BCUT2D eigenvalue weighted by atomic mass is 16.2. The molecule has 6 rings (SSSR count). The summed E-state index contributed by atoms with van der Waals surface area (Å²) >= 11 is 0. The first-order chi connectivity index (χ1) is 16.6. The summed E-state index contributed by atoms with van der Waals surface area (Å²) in [6.45, 7) is 1.36. The SMILES string of the molecule is Cn1nc(C2CCN(C(=O)C3CC3)C2)n(-c2ccc(-c3cccc(-n4cccn4)c3)cc2)c1=O. The van der Waals surface area contributed by atoms with E-state index in [-0.39, 0.29) is 23.4 Å². The molecule has 1 amide bonds. The van der Waals surface area contributed by atoms with Gasteiger partial charge in [-0.2, -0.15) is 10.2 Å². The highest BCUT2D eigenvalue weighted by Crippen LogP contribution is 2.35. The van der Waals surface area contributed by atoms with E-state index in [4.69, 9.17) is 0 Å². The second-order valence-corrected chi connectivity index (χ2v) is 9.19. The number of aromatic nitrogens is 5. The van der Waals surface area contributed by atoms with Gasteiger partial charge in [0.2, 0.25) is 5.91 Å². The fourth-order valence-corrected chi connectivity index (χ4v) is 4.80. The number of aryl methyl sites for hydroxylation is 1. The van der Waals surface area contributed by atoms with E-state index in [9.17, 15) is 9.59 Å². The van der Waals surface area contributed by atoms with Crippen molar-refractivity contribution in [2.75, 3.05) is 13.1 Å². The third-order valence-electron chi connectivity index (χ3n) is 6.82. The minimum atomic E-state index is -0.171. The average molecular weight is 455 g/mol. The zero-order valence-electron chi connectivity index (χ0n) is 19.0. The van der Waals surface area contributed by atoms with Crippen LogP contribution < -0.4 is 5.69 Å². The normalized spacial score (nSPS) is 17.9. The lowest BCUT2D eigenvalue weighted by atomic mass is 10.0. The summed E-state index contributed by atoms with van der Waals surface area (Å²) in [7, 11) is 1.68. The number of rotatable bonds is 5. The zero-order valence-corrected chi connectivity index (χ0v) is 19.0. The molecular weight excluding hydrogens is 428 g/mol. The van der Waals surface area contributed by atoms with Crippen LogP contribution in [0.25, 0.3) is 22.5 Å². The van der Waals surface area contributed by atoms with E-state index >= 15 is 0 Å². The second-order valence-electron chi connectivity index (χ2n) is 9.19. The van der Waals surface area contributed by atoms with Crippen LogP contribution in [0.2, 0.25) is 0 Å². The topological polar surface area (TPSA) is 78.0 Å². The molecule has 34 heavy (non-hydrogen) atoms. The summed E-state index contributed by atoms with van der Waals surface area (Å²) in [5.41, 5.74) is 3.73. The number of hydrogen-bond donors (Lipinski definition) is 0. The molecule has 1 aliphatic carbocycles. The van der Waals surface area contributed by atoms with Crippen molar-refractivity contribution < 1.29 is 4.79 Å². The zero-order chi connectivity index (χ0) is 23.2. The number of carbonyl (C=O) groups excluding carboxylic acids is 1. The van der Waals surface area contributed by atoms with Crippen LogP contribution in [0.3, 0.4) is 0 Å². The molecular formula is C26H26N6O2. The molecule has 1 aliphatic heterocycles. The molecule has 1 saturated heterocycles. The molecule has 2 aromatic heterocycles. The number of benzene rings is 2. The second kappa shape index (κ2) is 8.13. The Kier molecular flexibility index (Phi) is 4.94. The number of hydrogen-bond acceptors (Lipinski definition) is 4. The third kappa shape index (κ3) is 3.65. The van der Waals surface area contributed by atoms with Gasteiger partial charge in [-0.05, 0) is 60.7 Å². The molecule has 2 fully saturated rings. The molecule has 3 heterocycles. The fourth-order valence-electron chi connectivity index (χ4n) is 4.80. The summed E-state index contributed by atoms with van der Waals surface area (Å²) in [6, 6.07) is 18.1. The van der Waals surface area contributed by atoms with Crippen LogP contribution in [0.4, 0.5) is 0 Å². The molecule has 0 N–H and O–H groups in total. The standard InChI is InChI=1S/C26H26N6O2/c1-29-26(34)32(24(28-29)21-12-15-30(17-21)25(33)19-6-7-19)22-10-8-18(9-11-22)20-4-2-5-23(16-20)31-14-3-13-27-31/h2-5,8-11,13-14,16,19,21H,6-7,12,15,17H2,1H3. The molecule has 1 atom stereocenters. The van der Waals surface area contributed by atoms with E-state index in [0.717, 1.165) is 54.1 Å². The van der Waals surface area contributed by atoms with Crippen molar-refractivity contribution in [3.8, 4) is 22.5 Å². The van der Waals surface area contributed by atoms with Crippen molar-refractivity contribution in [2.24, 2.45) is 13.0 Å². The fraction of sp³-hybridized carbons (Fsp3) is 0.308. The Morgan fingerprint density at radius 2 is 1.79 bits per heavy atom. The Morgan fingerprint density at radius 1 is 0.971 bits per heavy atom. The minimum Gasteiger partial charge on any atom is -0.342 e. The lowest BCUT2D eigenvalue weighted by molar-refractivity contribution is -0.131. The van der Waals surface area contributed by atoms with Crippen molar-refractivity contribution in [3.05, 3.63) is 83.3 Å². The maximum Gasteiger partial charge on any atom is 0.350 e. The van der Waals surface area contributed by atoms with Gasteiger partial charge in [-0.25, -0.2) is 18.7 Å². The number of nitrogens with zero attached hydrogens (tertiary/aromatic N) is 6. The quantitative estimate of drug-likeness (QED) is 0.464. The monoisotopic (exact) mass is 454 g/mol. The molecule has 172 valence electrons. The predicted molar refractivity (Wildman–Crippen MR) is 128 cm³/mol. The van der Waals surface area contributed by atoms with Crippen LogP contribution >= 0.6 is 0 Å². The van der Waals surface area contributed by atoms with Crippen LogP contribution in [0.15, 0.2) is 71.8 Å². The van der Waals surface area contributed by atoms with Gasteiger partial charge in [0.15, 0.2) is 0 Å². The highest BCUT2D eigenvalue weighted by Gasteiger charge is 2.38. The Labute approximate surface area is 197 Å². The van der Waals surface area contributed by atoms with Crippen LogP contribution in [0.1, 0.15) is 31.0 Å². The molecule has 8 nitrogen and oxygen atoms in total. The average Bonchev–Trinajstić information content (AvgIpc) is 3.23. The van der Waals surface area contributed by atoms with E-state index in [1.807, 2.05) is 58.2 Å². The first kappa shape index (κ1) is 20.7. The summed E-state index contributed by atoms with van der Waals surface area (Å²) in [4.78, 5) is 27.4. The van der Waals surface area contributed by atoms with Crippen molar-refractivity contribution in [2.45, 2.75) is 25.2 Å². The molecule has 0 bridgehead atoms. The van der Waals surface area contributed by atoms with Gasteiger partial charge < -0.3 is 4.90 Å². The Hall–Kier alpha value is -3.94. The lowest BCUT2D eigenvalue weighted by Crippen LogP contribution is -2.30. The highest BCUT2D eigenvalue weighted by molar-refractivity contribution is 5.81. The van der Waals surface area contributed by atoms with E-state index in [0.29, 0.717) is 6.54 Å². The third-order valence-corrected chi connectivity index (χ3v) is 6.82. The molecule has 0 spiro atoms. The first-order valence-corrected chi connectivity index (χ1v) is 11.7. The summed E-state index contributed by atoms with van der Waals surface area (Å²) in [5, 5.41) is 8.87. The van der Waals surface area contributed by atoms with Crippen LogP contribution in [-0.4, -0.2) is 48.0 Å². The van der Waals surface area contributed by atoms with Gasteiger partial charge in [0.05, 0.1) is 11.4 Å². The summed E-state index contributed by atoms with van der Waals surface area (Å²) in [5.74, 6) is 1.26. The van der Waals surface area contributed by atoms with Crippen molar-refractivity contribution in [1.29, 1.82) is 0 Å². The van der Waals surface area contributed by atoms with Crippen LogP contribution in [0, 0.1) is 5.92 Å². The van der Waals surface area contributed by atoms with Gasteiger partial charge in [0.1, 0.15) is 5.82 Å². The molecule has 1 unspecified atom stereocenters. The summed E-state index contributed by atoms with van der Waals surface area (Å²) < 4.78 is 4.92. The van der Waals surface area contributed by atoms with E-state index in [2.05, 4.69) is 22.3 Å². The van der Waals surface area contributed by atoms with E-state index in [1.54, 1.807) is 17.8 Å². The summed E-state index contributed by atoms with van der Waals surface area (Å²) in [6.07, 6.45) is 6.52. The Bertz CT molecular complexity index is 1400. The maximum atomic E-state index is 13.0. The number of carbonyl (C=O) groups is 1. The molecule has 8 heteroatoms. The van der Waals surface area contributed by atoms with Crippen molar-refractivity contribution in [1.82, 2.24) is 29.0 Å².